The van der Waals surface area contributed by atoms with Gasteiger partial charge < -0.3 is 9.47 Å². The second-order valence-electron chi connectivity index (χ2n) is 9.64. The molecule has 0 radical (unpaired) electrons. The summed E-state index contributed by atoms with van der Waals surface area (Å²) in [4.78, 5) is 10.8. The fourth-order valence-corrected chi connectivity index (χ4v) is 4.76. The van der Waals surface area contributed by atoms with Gasteiger partial charge in [-0.1, -0.05) is 43.7 Å². The number of carbonyl (C=O) groups is 1. The Hall–Kier alpha value is -3.33. The van der Waals surface area contributed by atoms with Gasteiger partial charge in [0.2, 0.25) is 5.82 Å². The molecule has 0 aliphatic carbocycles. The Bertz CT molecular complexity index is 1300. The average Bonchev–Trinajstić information content (AvgIpc) is 2.93. The van der Waals surface area contributed by atoms with Crippen molar-refractivity contribution in [1.29, 1.82) is 0 Å². The fourth-order valence-electron chi connectivity index (χ4n) is 4.76. The Balaban J connectivity index is 1.41. The van der Waals surface area contributed by atoms with Crippen molar-refractivity contribution in [2.45, 2.75) is 51.1 Å². The first-order valence-electron chi connectivity index (χ1n) is 12.8. The van der Waals surface area contributed by atoms with Gasteiger partial charge in [-0.15, -0.1) is 0 Å². The van der Waals surface area contributed by atoms with Crippen molar-refractivity contribution in [1.82, 2.24) is 0 Å². The maximum Gasteiger partial charge on any atom is 0.256 e. The van der Waals surface area contributed by atoms with Gasteiger partial charge in [-0.25, -0.2) is 22.0 Å². The van der Waals surface area contributed by atoms with Crippen molar-refractivity contribution in [2.75, 3.05) is 13.2 Å². The highest BCUT2D eigenvalue weighted by atomic mass is 19.3. The maximum atomic E-state index is 14.9. The van der Waals surface area contributed by atoms with Crippen LogP contribution in [0.15, 0.2) is 48.5 Å². The molecule has 4 rings (SSSR count). The number of benzene rings is 3. The number of halogens is 6. The summed E-state index contributed by atoms with van der Waals surface area (Å²) in [5.74, 6) is -9.53. The van der Waals surface area contributed by atoms with E-state index < -0.39 is 59.4 Å². The first kappa shape index (κ1) is 28.7. The minimum absolute atomic E-state index is 0.00390. The lowest BCUT2D eigenvalue weighted by molar-refractivity contribution is -0.136. The van der Waals surface area contributed by atoms with Crippen LogP contribution >= 0.6 is 0 Å². The van der Waals surface area contributed by atoms with Crippen molar-refractivity contribution in [3.8, 4) is 28.0 Å². The molecule has 1 aliphatic heterocycles. The van der Waals surface area contributed by atoms with Crippen LogP contribution in [-0.4, -0.2) is 31.5 Å². The highest BCUT2D eigenvalue weighted by Gasteiger charge is 2.41. The lowest BCUT2D eigenvalue weighted by Crippen LogP contribution is -2.38. The summed E-state index contributed by atoms with van der Waals surface area (Å²) in [6.07, 6.45) is 2.20. The molecule has 1 saturated heterocycles. The number of hydrogen-bond acceptors (Lipinski definition) is 3. The second kappa shape index (κ2) is 12.2. The van der Waals surface area contributed by atoms with E-state index in [-0.39, 0.29) is 41.3 Å². The van der Waals surface area contributed by atoms with E-state index in [0.29, 0.717) is 12.8 Å². The molecule has 0 saturated carbocycles. The van der Waals surface area contributed by atoms with Crippen LogP contribution < -0.4 is 4.74 Å². The summed E-state index contributed by atoms with van der Waals surface area (Å²) < 4.78 is 97.9. The predicted octanol–water partition coefficient (Wildman–Crippen LogP) is 8.39. The van der Waals surface area contributed by atoms with Crippen LogP contribution in [0.1, 0.15) is 49.4 Å². The van der Waals surface area contributed by atoms with Gasteiger partial charge in [0.15, 0.2) is 29.5 Å². The van der Waals surface area contributed by atoms with Crippen molar-refractivity contribution in [3.05, 3.63) is 77.4 Å². The average molecular weight is 551 g/mol. The Kier molecular flexibility index (Phi) is 9.00. The zero-order valence-electron chi connectivity index (χ0n) is 21.3. The van der Waals surface area contributed by atoms with Crippen molar-refractivity contribution in [3.63, 3.8) is 0 Å². The van der Waals surface area contributed by atoms with Crippen LogP contribution in [0.4, 0.5) is 26.3 Å². The molecule has 0 N–H and O–H groups in total. The van der Waals surface area contributed by atoms with E-state index in [1.165, 1.54) is 36.4 Å². The molecule has 0 amide bonds. The molecule has 0 spiro atoms. The molecule has 2 atom stereocenters. The highest BCUT2D eigenvalue weighted by molar-refractivity contribution is 5.78. The number of hydrogen-bond donors (Lipinski definition) is 0. The van der Waals surface area contributed by atoms with Crippen LogP contribution in [0, 0.1) is 29.2 Å². The third kappa shape index (κ3) is 6.30. The summed E-state index contributed by atoms with van der Waals surface area (Å²) in [6, 6.07) is 10.4. The van der Waals surface area contributed by atoms with E-state index in [1.54, 1.807) is 0 Å². The van der Waals surface area contributed by atoms with Gasteiger partial charge >= 0.3 is 0 Å². The molecular formula is C30H28F6O3. The maximum absolute atomic E-state index is 14.9. The molecule has 9 heteroatoms. The van der Waals surface area contributed by atoms with Crippen LogP contribution in [-0.2, 0) is 4.74 Å². The number of rotatable bonds is 10. The summed E-state index contributed by atoms with van der Waals surface area (Å²) in [7, 11) is 0. The van der Waals surface area contributed by atoms with Gasteiger partial charge in [-0.3, -0.25) is 4.79 Å². The molecule has 2 unspecified atom stereocenters. The number of aldehydes is 1. The van der Waals surface area contributed by atoms with Crippen LogP contribution in [0.3, 0.4) is 0 Å². The van der Waals surface area contributed by atoms with E-state index in [2.05, 4.69) is 0 Å². The first-order valence-corrected chi connectivity index (χ1v) is 12.8. The van der Waals surface area contributed by atoms with Gasteiger partial charge in [-0.2, -0.15) is 4.39 Å². The smallest absolute Gasteiger partial charge is 0.256 e. The molecular weight excluding hydrogens is 522 g/mol. The minimum Gasteiger partial charge on any atom is -0.490 e. The van der Waals surface area contributed by atoms with E-state index in [1.807, 2.05) is 6.92 Å². The second-order valence-corrected chi connectivity index (χ2v) is 9.64. The van der Waals surface area contributed by atoms with E-state index in [0.717, 1.165) is 25.0 Å². The van der Waals surface area contributed by atoms with Gasteiger partial charge in [0.1, 0.15) is 0 Å². The molecule has 39 heavy (non-hydrogen) atoms. The lowest BCUT2D eigenvalue weighted by atomic mass is 9.90. The fraction of sp³-hybridized carbons (Fsp3) is 0.367. The zero-order chi connectivity index (χ0) is 28.2. The summed E-state index contributed by atoms with van der Waals surface area (Å²) >= 11 is 0. The van der Waals surface area contributed by atoms with E-state index in [4.69, 9.17) is 9.47 Å². The molecule has 3 aromatic rings. The highest BCUT2D eigenvalue weighted by Crippen LogP contribution is 2.37. The van der Waals surface area contributed by atoms with E-state index in [9.17, 15) is 31.1 Å². The Labute approximate surface area is 222 Å². The normalized spacial score (nSPS) is 17.7. The van der Waals surface area contributed by atoms with Crippen LogP contribution in [0.5, 0.6) is 5.75 Å². The largest absolute Gasteiger partial charge is 0.490 e. The lowest BCUT2D eigenvalue weighted by Gasteiger charge is -2.33. The standard InChI is InChI=1S/C30H28F6O3/c1-2-3-22-10-9-21(17-39-22)30(35,36)14-15-38-25-13-12-24(28(33)29(25)34)19-6-4-18(5-7-19)23-11-8-20(16-37)26(31)27(23)32/h4-8,11-13,16,21-22H,2-3,9-10,14-15,17H2,1H3. The number of carbonyl (C=O) groups excluding carboxylic acids is 1. The molecule has 0 bridgehead atoms. The topological polar surface area (TPSA) is 35.5 Å². The Morgan fingerprint density at radius 2 is 1.49 bits per heavy atom. The molecule has 1 aliphatic rings. The SMILES string of the molecule is CCCC1CCC(C(F)(F)CCOc2ccc(-c3ccc(-c4ccc(C=O)c(F)c4F)cc3)c(F)c2F)CO1. The number of ether oxygens (including phenoxy) is 2. The quantitative estimate of drug-likeness (QED) is 0.188. The van der Waals surface area contributed by atoms with Crippen molar-refractivity contribution in [2.24, 2.45) is 5.92 Å². The monoisotopic (exact) mass is 550 g/mol. The van der Waals surface area contributed by atoms with E-state index >= 15 is 0 Å². The van der Waals surface area contributed by atoms with Gasteiger partial charge in [0.25, 0.3) is 5.92 Å². The predicted molar refractivity (Wildman–Crippen MR) is 135 cm³/mol. The molecule has 208 valence electrons. The molecule has 0 aromatic heterocycles. The molecule has 1 fully saturated rings. The minimum atomic E-state index is -3.07. The summed E-state index contributed by atoms with van der Waals surface area (Å²) in [5, 5.41) is 0. The summed E-state index contributed by atoms with van der Waals surface area (Å²) in [5.41, 5.74) is -0.131. The number of alkyl halides is 2. The van der Waals surface area contributed by atoms with Gasteiger partial charge in [-0.05, 0) is 48.6 Å². The molecule has 3 aromatic carbocycles. The van der Waals surface area contributed by atoms with Crippen molar-refractivity contribution >= 4 is 6.29 Å². The molecule has 3 nitrogen and oxygen atoms in total. The zero-order valence-corrected chi connectivity index (χ0v) is 21.3. The van der Waals surface area contributed by atoms with Gasteiger partial charge in [0.05, 0.1) is 24.9 Å². The molecule has 1 heterocycles. The Morgan fingerprint density at radius 1 is 0.872 bits per heavy atom. The van der Waals surface area contributed by atoms with Crippen LogP contribution in [0.2, 0.25) is 0 Å². The van der Waals surface area contributed by atoms with Gasteiger partial charge in [0, 0.05) is 23.5 Å². The van der Waals surface area contributed by atoms with Crippen molar-refractivity contribution < 1.29 is 40.6 Å². The third-order valence-corrected chi connectivity index (χ3v) is 7.06. The first-order chi connectivity index (χ1) is 18.7. The Morgan fingerprint density at radius 3 is 2.05 bits per heavy atom. The van der Waals surface area contributed by atoms with Crippen LogP contribution in [0.25, 0.3) is 22.3 Å². The third-order valence-electron chi connectivity index (χ3n) is 7.06. The summed E-state index contributed by atoms with van der Waals surface area (Å²) in [6.45, 7) is 1.46.